The Bertz CT molecular complexity index is 1160. The van der Waals surface area contributed by atoms with Crippen molar-refractivity contribution >= 4 is 11.7 Å². The van der Waals surface area contributed by atoms with Crippen molar-refractivity contribution in [3.05, 3.63) is 52.5 Å². The van der Waals surface area contributed by atoms with Crippen molar-refractivity contribution in [1.29, 1.82) is 0 Å². The van der Waals surface area contributed by atoms with Gasteiger partial charge in [0, 0.05) is 31.6 Å². The Kier molecular flexibility index (Phi) is 7.91. The van der Waals surface area contributed by atoms with Crippen LogP contribution < -0.4 is 10.6 Å². The number of hydrogen-bond acceptors (Lipinski definition) is 7. The van der Waals surface area contributed by atoms with E-state index >= 15 is 0 Å². The summed E-state index contributed by atoms with van der Waals surface area (Å²) in [5.74, 6) is -3.46. The highest BCUT2D eigenvalue weighted by molar-refractivity contribution is 5.80. The molecule has 1 amide bonds. The van der Waals surface area contributed by atoms with Crippen LogP contribution in [0.25, 0.3) is 0 Å². The lowest BCUT2D eigenvalue weighted by molar-refractivity contribution is -0.197. The zero-order valence-corrected chi connectivity index (χ0v) is 21.1. The van der Waals surface area contributed by atoms with Crippen LogP contribution in [0.4, 0.5) is 27.8 Å². The summed E-state index contributed by atoms with van der Waals surface area (Å²) in [5, 5.41) is 5.26. The number of aromatic nitrogens is 2. The predicted octanol–water partition coefficient (Wildman–Crippen LogP) is 4.50. The lowest BCUT2D eigenvalue weighted by Crippen LogP contribution is -2.59. The number of ether oxygens (including phenoxy) is 3. The van der Waals surface area contributed by atoms with Gasteiger partial charge in [-0.2, -0.15) is 13.2 Å². The first-order chi connectivity index (χ1) is 17.8. The highest BCUT2D eigenvalue weighted by atomic mass is 19.4. The maximum Gasteiger partial charge on any atom is 0.413 e. The molecule has 3 heterocycles. The Morgan fingerprint density at radius 1 is 1.16 bits per heavy atom. The van der Waals surface area contributed by atoms with E-state index in [1.165, 1.54) is 18.2 Å². The molecule has 2 atom stereocenters. The topological polar surface area (TPSA) is 94.6 Å². The second-order valence-corrected chi connectivity index (χ2v) is 9.54. The number of aryl methyl sites for hydroxylation is 1. The molecule has 2 saturated heterocycles. The minimum atomic E-state index is -4.70. The highest BCUT2D eigenvalue weighted by Crippen LogP contribution is 2.38. The number of nitrogens with zero attached hydrogens (tertiary/aromatic N) is 2. The summed E-state index contributed by atoms with van der Waals surface area (Å²) in [4.78, 5) is 21.6. The van der Waals surface area contributed by atoms with Crippen molar-refractivity contribution in [2.75, 3.05) is 31.7 Å². The fraction of sp³-hybridized carbons (Fsp3) is 0.560. The molecule has 0 spiro atoms. The zero-order valence-electron chi connectivity index (χ0n) is 21.1. The molecule has 0 aliphatic carbocycles. The lowest BCUT2D eigenvalue weighted by atomic mass is 9.97. The normalized spacial score (nSPS) is 21.5. The predicted molar refractivity (Wildman–Crippen MR) is 126 cm³/mol. The Morgan fingerprint density at radius 2 is 1.87 bits per heavy atom. The summed E-state index contributed by atoms with van der Waals surface area (Å²) in [6.07, 6.45) is -6.56. The van der Waals surface area contributed by atoms with Crippen molar-refractivity contribution < 1.29 is 41.0 Å². The maximum absolute atomic E-state index is 13.9. The van der Waals surface area contributed by atoms with Gasteiger partial charge >= 0.3 is 6.18 Å². The molecular weight excluding hydrogens is 515 g/mol. The molecule has 38 heavy (non-hydrogen) atoms. The second kappa shape index (κ2) is 10.7. The average molecular weight is 545 g/mol. The molecule has 13 heteroatoms. The number of alkyl halides is 5. The van der Waals surface area contributed by atoms with Crippen LogP contribution >= 0.6 is 0 Å². The van der Waals surface area contributed by atoms with E-state index in [1.807, 2.05) is 0 Å². The molecule has 2 N–H and O–H groups in total. The number of rotatable bonds is 8. The average Bonchev–Trinajstić information content (AvgIpc) is 3.51. The largest absolute Gasteiger partial charge is 0.413 e. The molecule has 2 aromatic rings. The standard InChI is InChI=1S/C25H29F5N4O4/c1-14(16-5-4-6-17(11-16)23(3,26)27)31-21-20(22-37-9-10-38-22)18(32-15(2)33-21)12-19(35)34-24(25(28,29)30)7-8-36-13-24/h4-6,11,14,22H,7-10,12-13H2,1-3H3,(H,34,35)(H,31,32,33)/t14-,24?/m1/s1. The van der Waals surface area contributed by atoms with Crippen molar-refractivity contribution in [1.82, 2.24) is 15.3 Å². The molecule has 1 unspecified atom stereocenters. The number of halogens is 5. The first kappa shape index (κ1) is 28.1. The summed E-state index contributed by atoms with van der Waals surface area (Å²) in [6, 6.07) is 5.39. The summed E-state index contributed by atoms with van der Waals surface area (Å²) in [6.45, 7) is 3.82. The SMILES string of the molecule is Cc1nc(CC(=O)NC2(C(F)(F)F)CCOC2)c(C2OCCO2)c(N[C@H](C)c2cccc(C(C)(F)F)c2)n1. The van der Waals surface area contributed by atoms with Crippen molar-refractivity contribution in [2.24, 2.45) is 0 Å². The number of carbonyl (C=O) groups excluding carboxylic acids is 1. The molecule has 8 nitrogen and oxygen atoms in total. The van der Waals surface area contributed by atoms with E-state index in [2.05, 4.69) is 20.6 Å². The third-order valence-corrected chi connectivity index (χ3v) is 6.51. The van der Waals surface area contributed by atoms with Gasteiger partial charge in [0.1, 0.15) is 11.6 Å². The Morgan fingerprint density at radius 3 is 2.47 bits per heavy atom. The molecular formula is C25H29F5N4O4. The van der Waals surface area contributed by atoms with Crippen LogP contribution in [0.2, 0.25) is 0 Å². The Balaban J connectivity index is 1.64. The van der Waals surface area contributed by atoms with E-state index < -0.39 is 55.3 Å². The van der Waals surface area contributed by atoms with Gasteiger partial charge in [-0.05, 0) is 25.5 Å². The second-order valence-electron chi connectivity index (χ2n) is 9.54. The molecule has 0 radical (unpaired) electrons. The van der Waals surface area contributed by atoms with Crippen molar-refractivity contribution in [3.63, 3.8) is 0 Å². The molecule has 2 aliphatic heterocycles. The summed E-state index contributed by atoms with van der Waals surface area (Å²) < 4.78 is 85.2. The van der Waals surface area contributed by atoms with Crippen LogP contribution in [0.1, 0.15) is 60.8 Å². The number of benzene rings is 1. The van der Waals surface area contributed by atoms with Crippen LogP contribution in [-0.2, 0) is 31.3 Å². The lowest BCUT2D eigenvalue weighted by Gasteiger charge is -2.31. The van der Waals surface area contributed by atoms with Gasteiger partial charge < -0.3 is 24.8 Å². The minimum absolute atomic E-state index is 0.126. The number of carbonyl (C=O) groups is 1. The van der Waals surface area contributed by atoms with Crippen molar-refractivity contribution in [3.8, 4) is 0 Å². The fourth-order valence-electron chi connectivity index (χ4n) is 4.45. The molecule has 2 fully saturated rings. The van der Waals surface area contributed by atoms with Crippen LogP contribution in [0, 0.1) is 6.92 Å². The van der Waals surface area contributed by atoms with Crippen LogP contribution in [-0.4, -0.2) is 54.0 Å². The van der Waals surface area contributed by atoms with Crippen LogP contribution in [0.15, 0.2) is 24.3 Å². The smallest absolute Gasteiger partial charge is 0.379 e. The highest BCUT2D eigenvalue weighted by Gasteiger charge is 2.58. The Labute approximate surface area is 216 Å². The van der Waals surface area contributed by atoms with Crippen LogP contribution in [0.3, 0.4) is 0 Å². The summed E-state index contributed by atoms with van der Waals surface area (Å²) in [7, 11) is 0. The van der Waals surface area contributed by atoms with E-state index in [0.29, 0.717) is 5.56 Å². The summed E-state index contributed by atoms with van der Waals surface area (Å²) >= 11 is 0. The monoisotopic (exact) mass is 544 g/mol. The van der Waals surface area contributed by atoms with E-state index in [-0.39, 0.29) is 48.3 Å². The van der Waals surface area contributed by atoms with Crippen molar-refractivity contribution in [2.45, 2.75) is 63.6 Å². The van der Waals surface area contributed by atoms with E-state index in [9.17, 15) is 26.7 Å². The van der Waals surface area contributed by atoms with Gasteiger partial charge in [0.15, 0.2) is 11.8 Å². The molecule has 2 aliphatic rings. The van der Waals surface area contributed by atoms with Gasteiger partial charge in [0.25, 0.3) is 5.92 Å². The van der Waals surface area contributed by atoms with Gasteiger partial charge in [-0.15, -0.1) is 0 Å². The summed E-state index contributed by atoms with van der Waals surface area (Å²) in [5.41, 5.74) is -1.70. The van der Waals surface area contributed by atoms with Gasteiger partial charge in [-0.3, -0.25) is 4.79 Å². The third-order valence-electron chi connectivity index (χ3n) is 6.51. The Hall–Kier alpha value is -2.90. The van der Waals surface area contributed by atoms with Gasteiger partial charge in [-0.1, -0.05) is 18.2 Å². The van der Waals surface area contributed by atoms with Crippen LogP contribution in [0.5, 0.6) is 0 Å². The maximum atomic E-state index is 13.9. The van der Waals surface area contributed by atoms with Gasteiger partial charge in [0.05, 0.1) is 37.5 Å². The minimum Gasteiger partial charge on any atom is -0.379 e. The quantitative estimate of drug-likeness (QED) is 0.473. The number of anilines is 1. The molecule has 0 saturated carbocycles. The first-order valence-electron chi connectivity index (χ1n) is 12.1. The molecule has 1 aromatic heterocycles. The van der Waals surface area contributed by atoms with Gasteiger partial charge in [-0.25, -0.2) is 18.7 Å². The molecule has 208 valence electrons. The fourth-order valence-corrected chi connectivity index (χ4v) is 4.45. The number of amides is 1. The van der Waals surface area contributed by atoms with E-state index in [1.54, 1.807) is 19.9 Å². The first-order valence-corrected chi connectivity index (χ1v) is 12.1. The van der Waals surface area contributed by atoms with E-state index in [0.717, 1.165) is 6.92 Å². The zero-order chi connectivity index (χ0) is 27.7. The van der Waals surface area contributed by atoms with Gasteiger partial charge in [0.2, 0.25) is 5.91 Å². The van der Waals surface area contributed by atoms with E-state index in [4.69, 9.17) is 14.2 Å². The molecule has 4 rings (SSSR count). The third kappa shape index (κ3) is 6.05. The molecule has 1 aromatic carbocycles. The number of hydrogen-bond donors (Lipinski definition) is 2. The molecule has 0 bridgehead atoms. The number of nitrogens with one attached hydrogen (secondary N) is 2.